The molecule has 0 fully saturated rings. The molecule has 2 amide bonds. The predicted molar refractivity (Wildman–Crippen MR) is 77.4 cm³/mol. The normalized spacial score (nSPS) is 10.2. The van der Waals surface area contributed by atoms with Gasteiger partial charge in [0.15, 0.2) is 11.4 Å². The van der Waals surface area contributed by atoms with Crippen LogP contribution >= 0.6 is 0 Å². The zero-order valence-electron chi connectivity index (χ0n) is 12.7. The molecule has 0 saturated heterocycles. The Bertz CT molecular complexity index is 572. The standard InChI is InChI=1S/C14H19N3O5/c1-8(2)7-22-10-4-9(14(20)21-3)6-16-12(10)13(19)17-11(18)5-15/h4,6,8H,5,7,15H2,1-3H3,(H,17,18,19). The molecule has 0 aliphatic rings. The van der Waals surface area contributed by atoms with E-state index in [1.54, 1.807) is 0 Å². The quantitative estimate of drug-likeness (QED) is 0.716. The van der Waals surface area contributed by atoms with Gasteiger partial charge in [-0.05, 0) is 12.0 Å². The second kappa shape index (κ2) is 8.08. The fourth-order valence-electron chi connectivity index (χ4n) is 1.45. The Kier molecular flexibility index (Phi) is 6.46. The molecule has 0 bridgehead atoms. The summed E-state index contributed by atoms with van der Waals surface area (Å²) in [6, 6.07) is 1.35. The molecule has 0 unspecified atom stereocenters. The van der Waals surface area contributed by atoms with Gasteiger partial charge in [0.05, 0.1) is 25.8 Å². The molecule has 120 valence electrons. The van der Waals surface area contributed by atoms with E-state index in [-0.39, 0.29) is 29.5 Å². The van der Waals surface area contributed by atoms with Gasteiger partial charge in [-0.1, -0.05) is 13.8 Å². The number of pyridine rings is 1. The van der Waals surface area contributed by atoms with E-state index in [1.807, 2.05) is 13.8 Å². The van der Waals surface area contributed by atoms with Gasteiger partial charge in [0, 0.05) is 6.20 Å². The van der Waals surface area contributed by atoms with Crippen LogP contribution in [0.25, 0.3) is 0 Å². The Hall–Kier alpha value is -2.48. The van der Waals surface area contributed by atoms with Gasteiger partial charge in [-0.2, -0.15) is 0 Å². The van der Waals surface area contributed by atoms with Crippen molar-refractivity contribution in [3.8, 4) is 5.75 Å². The molecule has 0 aromatic carbocycles. The molecule has 1 rings (SSSR count). The topological polar surface area (TPSA) is 121 Å². The van der Waals surface area contributed by atoms with Crippen LogP contribution in [0.1, 0.15) is 34.7 Å². The summed E-state index contributed by atoms with van der Waals surface area (Å²) in [5, 5.41) is 2.08. The zero-order valence-corrected chi connectivity index (χ0v) is 12.7. The van der Waals surface area contributed by atoms with E-state index in [1.165, 1.54) is 19.4 Å². The number of methoxy groups -OCH3 is 1. The van der Waals surface area contributed by atoms with Crippen molar-refractivity contribution >= 4 is 17.8 Å². The molecule has 0 spiro atoms. The van der Waals surface area contributed by atoms with Crippen LogP contribution in [0.3, 0.4) is 0 Å². The van der Waals surface area contributed by atoms with Gasteiger partial charge in [0.1, 0.15) is 0 Å². The summed E-state index contributed by atoms with van der Waals surface area (Å²) in [6.07, 6.45) is 1.18. The van der Waals surface area contributed by atoms with Crippen LogP contribution in [-0.2, 0) is 9.53 Å². The van der Waals surface area contributed by atoms with E-state index < -0.39 is 17.8 Å². The third kappa shape index (κ3) is 4.81. The predicted octanol–water partition coefficient (Wildman–Crippen LogP) is 0.118. The fourth-order valence-corrected chi connectivity index (χ4v) is 1.45. The van der Waals surface area contributed by atoms with Crippen molar-refractivity contribution in [3.05, 3.63) is 23.5 Å². The van der Waals surface area contributed by atoms with Gasteiger partial charge in [-0.15, -0.1) is 0 Å². The molecular weight excluding hydrogens is 290 g/mol. The molecule has 8 nitrogen and oxygen atoms in total. The first-order valence-corrected chi connectivity index (χ1v) is 6.64. The maximum absolute atomic E-state index is 12.0. The van der Waals surface area contributed by atoms with E-state index in [0.717, 1.165) is 0 Å². The maximum Gasteiger partial charge on any atom is 0.339 e. The monoisotopic (exact) mass is 309 g/mol. The third-order valence-corrected chi connectivity index (χ3v) is 2.50. The van der Waals surface area contributed by atoms with Gasteiger partial charge >= 0.3 is 5.97 Å². The summed E-state index contributed by atoms with van der Waals surface area (Å²) in [5.74, 6) is -1.70. The van der Waals surface area contributed by atoms with Gasteiger partial charge in [-0.3, -0.25) is 14.9 Å². The lowest BCUT2D eigenvalue weighted by Crippen LogP contribution is -2.36. The van der Waals surface area contributed by atoms with Crippen molar-refractivity contribution in [3.63, 3.8) is 0 Å². The first kappa shape index (κ1) is 17.6. The lowest BCUT2D eigenvalue weighted by Gasteiger charge is -2.13. The summed E-state index contributed by atoms with van der Waals surface area (Å²) in [5.41, 5.74) is 5.18. The number of hydrogen-bond acceptors (Lipinski definition) is 7. The largest absolute Gasteiger partial charge is 0.491 e. The van der Waals surface area contributed by atoms with E-state index in [2.05, 4.69) is 15.0 Å². The highest BCUT2D eigenvalue weighted by Crippen LogP contribution is 2.19. The number of carbonyl (C=O) groups excluding carboxylic acids is 3. The van der Waals surface area contributed by atoms with Crippen LogP contribution in [0.5, 0.6) is 5.75 Å². The first-order valence-electron chi connectivity index (χ1n) is 6.64. The van der Waals surface area contributed by atoms with Crippen molar-refractivity contribution in [2.24, 2.45) is 11.7 Å². The van der Waals surface area contributed by atoms with Crippen LogP contribution in [0.2, 0.25) is 0 Å². The second-order valence-electron chi connectivity index (χ2n) is 4.85. The van der Waals surface area contributed by atoms with Crippen LogP contribution in [0.4, 0.5) is 0 Å². The van der Waals surface area contributed by atoms with E-state index in [0.29, 0.717) is 6.61 Å². The smallest absolute Gasteiger partial charge is 0.339 e. The van der Waals surface area contributed by atoms with Crippen molar-refractivity contribution in [2.75, 3.05) is 20.3 Å². The number of aromatic nitrogens is 1. The molecule has 0 aliphatic heterocycles. The number of carbonyl (C=O) groups is 3. The minimum atomic E-state index is -0.745. The summed E-state index contributed by atoms with van der Waals surface area (Å²) < 4.78 is 10.1. The molecule has 0 saturated carbocycles. The maximum atomic E-state index is 12.0. The van der Waals surface area contributed by atoms with E-state index in [9.17, 15) is 14.4 Å². The molecule has 0 aliphatic carbocycles. The van der Waals surface area contributed by atoms with Gasteiger partial charge in [0.2, 0.25) is 5.91 Å². The molecule has 1 aromatic rings. The Morgan fingerprint density at radius 1 is 1.36 bits per heavy atom. The highest BCUT2D eigenvalue weighted by atomic mass is 16.5. The lowest BCUT2D eigenvalue weighted by atomic mass is 10.2. The number of amides is 2. The van der Waals surface area contributed by atoms with Crippen molar-refractivity contribution in [1.29, 1.82) is 0 Å². The summed E-state index contributed by atoms with van der Waals surface area (Å²) in [6.45, 7) is 3.84. The molecule has 22 heavy (non-hydrogen) atoms. The molecule has 0 radical (unpaired) electrons. The molecule has 1 heterocycles. The average molecular weight is 309 g/mol. The third-order valence-electron chi connectivity index (χ3n) is 2.50. The number of hydrogen-bond donors (Lipinski definition) is 2. The number of nitrogens with one attached hydrogen (secondary N) is 1. The SMILES string of the molecule is COC(=O)c1cnc(C(=O)NC(=O)CN)c(OCC(C)C)c1. The van der Waals surface area contributed by atoms with Crippen LogP contribution < -0.4 is 15.8 Å². The van der Waals surface area contributed by atoms with Crippen LogP contribution in [-0.4, -0.2) is 43.0 Å². The number of nitrogens with zero attached hydrogens (tertiary/aromatic N) is 1. The Morgan fingerprint density at radius 2 is 2.05 bits per heavy atom. The summed E-state index contributed by atoms with van der Waals surface area (Å²) in [7, 11) is 1.23. The highest BCUT2D eigenvalue weighted by molar-refractivity contribution is 6.06. The Balaban J connectivity index is 3.10. The minimum Gasteiger partial charge on any atom is -0.491 e. The van der Waals surface area contributed by atoms with Gasteiger partial charge < -0.3 is 15.2 Å². The molecule has 0 atom stereocenters. The molecule has 1 aromatic heterocycles. The fraction of sp³-hybridized carbons (Fsp3) is 0.429. The first-order chi connectivity index (χ1) is 10.4. The van der Waals surface area contributed by atoms with Gasteiger partial charge in [-0.25, -0.2) is 9.78 Å². The highest BCUT2D eigenvalue weighted by Gasteiger charge is 2.19. The zero-order chi connectivity index (χ0) is 16.7. The molecule has 3 N–H and O–H groups in total. The molecule has 8 heteroatoms. The second-order valence-corrected chi connectivity index (χ2v) is 4.85. The number of imide groups is 1. The van der Waals surface area contributed by atoms with Crippen molar-refractivity contribution < 1.29 is 23.9 Å². The van der Waals surface area contributed by atoms with Crippen LogP contribution in [0, 0.1) is 5.92 Å². The number of ether oxygens (including phenoxy) is 2. The Morgan fingerprint density at radius 3 is 2.59 bits per heavy atom. The van der Waals surface area contributed by atoms with Gasteiger partial charge in [0.25, 0.3) is 5.91 Å². The lowest BCUT2D eigenvalue weighted by molar-refractivity contribution is -0.118. The minimum absolute atomic E-state index is 0.0962. The number of nitrogens with two attached hydrogens (primary N) is 1. The van der Waals surface area contributed by atoms with E-state index in [4.69, 9.17) is 10.5 Å². The van der Waals surface area contributed by atoms with Crippen molar-refractivity contribution in [2.45, 2.75) is 13.8 Å². The molecular formula is C14H19N3O5. The van der Waals surface area contributed by atoms with Crippen molar-refractivity contribution in [1.82, 2.24) is 10.3 Å². The average Bonchev–Trinajstić information content (AvgIpc) is 2.51. The van der Waals surface area contributed by atoms with E-state index >= 15 is 0 Å². The summed E-state index contributed by atoms with van der Waals surface area (Å²) >= 11 is 0. The summed E-state index contributed by atoms with van der Waals surface area (Å²) in [4.78, 5) is 38.6. The number of rotatable bonds is 6. The van der Waals surface area contributed by atoms with Crippen LogP contribution in [0.15, 0.2) is 12.3 Å². The Labute approximate surface area is 128 Å². The number of esters is 1.